The number of likely N-dealkylation sites (N-methyl/N-ethyl adjacent to an activating group) is 1. The van der Waals surface area contributed by atoms with E-state index in [2.05, 4.69) is 5.32 Å². The summed E-state index contributed by atoms with van der Waals surface area (Å²) in [6.07, 6.45) is -0.114. The van der Waals surface area contributed by atoms with E-state index in [-0.39, 0.29) is 24.8 Å². The molecule has 2 amide bonds. The van der Waals surface area contributed by atoms with Crippen molar-refractivity contribution in [2.45, 2.75) is 32.9 Å². The van der Waals surface area contributed by atoms with Crippen LogP contribution in [0.1, 0.15) is 25.0 Å². The van der Waals surface area contributed by atoms with Crippen molar-refractivity contribution in [2.24, 2.45) is 0 Å². The molecule has 0 aromatic heterocycles. The molecule has 1 N–H and O–H groups in total. The lowest BCUT2D eigenvalue weighted by Crippen LogP contribution is -2.48. The second-order valence-corrected chi connectivity index (χ2v) is 6.43. The highest BCUT2D eigenvalue weighted by Gasteiger charge is 2.26. The molecule has 0 heterocycles. The number of nitrogens with zero attached hydrogens (tertiary/aromatic N) is 1. The van der Waals surface area contributed by atoms with Crippen LogP contribution < -0.4 is 5.32 Å². The minimum absolute atomic E-state index is 0.114. The standard InChI is InChI=1S/C20H22ClFN2O2/c1-3-23-20(26)14(2)24(13-15-7-6-9-17(21)11-15)19(25)12-16-8-4-5-10-18(16)22/h4-11,14H,3,12-13H2,1-2H3,(H,23,26). The smallest absolute Gasteiger partial charge is 0.242 e. The monoisotopic (exact) mass is 376 g/mol. The van der Waals surface area contributed by atoms with Crippen molar-refractivity contribution in [2.75, 3.05) is 6.54 Å². The normalized spacial score (nSPS) is 11.7. The largest absolute Gasteiger partial charge is 0.355 e. The molecule has 4 nitrogen and oxygen atoms in total. The van der Waals surface area contributed by atoms with Crippen molar-refractivity contribution < 1.29 is 14.0 Å². The molecule has 2 aromatic rings. The lowest BCUT2D eigenvalue weighted by atomic mass is 10.1. The zero-order chi connectivity index (χ0) is 19.1. The van der Waals surface area contributed by atoms with Gasteiger partial charge >= 0.3 is 0 Å². The molecule has 6 heteroatoms. The maximum atomic E-state index is 13.9. The summed E-state index contributed by atoms with van der Waals surface area (Å²) in [7, 11) is 0. The van der Waals surface area contributed by atoms with Gasteiger partial charge in [-0.15, -0.1) is 0 Å². The highest BCUT2D eigenvalue weighted by atomic mass is 35.5. The van der Waals surface area contributed by atoms with Gasteiger partial charge in [-0.2, -0.15) is 0 Å². The van der Waals surface area contributed by atoms with Gasteiger partial charge in [0.25, 0.3) is 0 Å². The molecule has 1 unspecified atom stereocenters. The first-order chi connectivity index (χ1) is 12.4. The first-order valence-electron chi connectivity index (χ1n) is 8.47. The molecule has 2 aromatic carbocycles. The highest BCUT2D eigenvalue weighted by Crippen LogP contribution is 2.17. The zero-order valence-corrected chi connectivity index (χ0v) is 15.6. The van der Waals surface area contributed by atoms with E-state index >= 15 is 0 Å². The summed E-state index contributed by atoms with van der Waals surface area (Å²) in [5.41, 5.74) is 1.10. The zero-order valence-electron chi connectivity index (χ0n) is 14.8. The van der Waals surface area contributed by atoms with Crippen molar-refractivity contribution >= 4 is 23.4 Å². The van der Waals surface area contributed by atoms with Gasteiger partial charge in [0.15, 0.2) is 0 Å². The Morgan fingerprint density at radius 2 is 1.92 bits per heavy atom. The molecular formula is C20H22ClFN2O2. The van der Waals surface area contributed by atoms with E-state index in [0.717, 1.165) is 5.56 Å². The third-order valence-corrected chi connectivity index (χ3v) is 4.29. The van der Waals surface area contributed by atoms with Crippen LogP contribution in [0, 0.1) is 5.82 Å². The maximum absolute atomic E-state index is 13.9. The summed E-state index contributed by atoms with van der Waals surface area (Å²) in [4.78, 5) is 26.6. The van der Waals surface area contributed by atoms with E-state index < -0.39 is 11.9 Å². The molecule has 0 aliphatic rings. The van der Waals surface area contributed by atoms with Gasteiger partial charge in [-0.3, -0.25) is 9.59 Å². The summed E-state index contributed by atoms with van der Waals surface area (Å²) in [6.45, 7) is 4.16. The Labute approximate surface area is 158 Å². The van der Waals surface area contributed by atoms with Gasteiger partial charge in [0.1, 0.15) is 11.9 Å². The lowest BCUT2D eigenvalue weighted by molar-refractivity contribution is -0.140. The van der Waals surface area contributed by atoms with E-state index in [4.69, 9.17) is 11.6 Å². The van der Waals surface area contributed by atoms with Crippen LogP contribution in [-0.2, 0) is 22.6 Å². The first kappa shape index (κ1) is 19.9. The Morgan fingerprint density at radius 1 is 1.19 bits per heavy atom. The third-order valence-electron chi connectivity index (χ3n) is 4.06. The molecule has 2 rings (SSSR count). The van der Waals surface area contributed by atoms with Gasteiger partial charge in [0.05, 0.1) is 6.42 Å². The van der Waals surface area contributed by atoms with Crippen LogP contribution in [0.25, 0.3) is 0 Å². The van der Waals surface area contributed by atoms with Gasteiger partial charge in [0.2, 0.25) is 11.8 Å². The molecule has 1 atom stereocenters. The summed E-state index contributed by atoms with van der Waals surface area (Å²) in [5.74, 6) is -1.01. The van der Waals surface area contributed by atoms with Crippen LogP contribution in [0.3, 0.4) is 0 Å². The van der Waals surface area contributed by atoms with Crippen LogP contribution in [0.2, 0.25) is 5.02 Å². The van der Waals surface area contributed by atoms with E-state index in [1.807, 2.05) is 13.0 Å². The third kappa shape index (κ3) is 5.30. The molecule has 0 aliphatic heterocycles. The van der Waals surface area contributed by atoms with E-state index in [0.29, 0.717) is 17.1 Å². The van der Waals surface area contributed by atoms with Crippen LogP contribution >= 0.6 is 11.6 Å². The molecule has 0 spiro atoms. The molecule has 138 valence electrons. The Kier molecular flexibility index (Phi) is 7.16. The maximum Gasteiger partial charge on any atom is 0.242 e. The van der Waals surface area contributed by atoms with Crippen molar-refractivity contribution in [1.82, 2.24) is 10.2 Å². The first-order valence-corrected chi connectivity index (χ1v) is 8.85. The highest BCUT2D eigenvalue weighted by molar-refractivity contribution is 6.30. The van der Waals surface area contributed by atoms with E-state index in [9.17, 15) is 14.0 Å². The van der Waals surface area contributed by atoms with Gasteiger partial charge in [-0.1, -0.05) is 41.9 Å². The number of halogens is 2. The van der Waals surface area contributed by atoms with Crippen molar-refractivity contribution in [1.29, 1.82) is 0 Å². The van der Waals surface area contributed by atoms with Gasteiger partial charge < -0.3 is 10.2 Å². The SMILES string of the molecule is CCNC(=O)C(C)N(Cc1cccc(Cl)c1)C(=O)Cc1ccccc1F. The molecule has 0 fully saturated rings. The van der Waals surface area contributed by atoms with Crippen LogP contribution in [-0.4, -0.2) is 29.3 Å². The van der Waals surface area contributed by atoms with Gasteiger partial charge in [-0.05, 0) is 43.2 Å². The Bertz CT molecular complexity index is 782. The number of nitrogens with one attached hydrogen (secondary N) is 1. The molecule has 0 saturated carbocycles. The number of benzene rings is 2. The van der Waals surface area contributed by atoms with E-state index in [1.54, 1.807) is 43.3 Å². The van der Waals surface area contributed by atoms with Crippen LogP contribution in [0.15, 0.2) is 48.5 Å². The molecular weight excluding hydrogens is 355 g/mol. The minimum atomic E-state index is -0.687. The average Bonchev–Trinajstić information content (AvgIpc) is 2.61. The number of carbonyl (C=O) groups is 2. The van der Waals surface area contributed by atoms with Crippen molar-refractivity contribution in [3.63, 3.8) is 0 Å². The summed E-state index contributed by atoms with van der Waals surface area (Å²) >= 11 is 6.02. The predicted octanol–water partition coefficient (Wildman–Crippen LogP) is 3.58. The fourth-order valence-corrected chi connectivity index (χ4v) is 2.86. The molecule has 0 aliphatic carbocycles. The lowest BCUT2D eigenvalue weighted by Gasteiger charge is -2.29. The number of hydrogen-bond acceptors (Lipinski definition) is 2. The molecule has 0 bridgehead atoms. The molecule has 26 heavy (non-hydrogen) atoms. The quantitative estimate of drug-likeness (QED) is 0.803. The van der Waals surface area contributed by atoms with Crippen molar-refractivity contribution in [3.05, 3.63) is 70.5 Å². The number of carbonyl (C=O) groups excluding carboxylic acids is 2. The number of amides is 2. The Hall–Kier alpha value is -2.40. The number of rotatable bonds is 7. The minimum Gasteiger partial charge on any atom is -0.355 e. The Balaban J connectivity index is 2.25. The van der Waals surface area contributed by atoms with Crippen LogP contribution in [0.5, 0.6) is 0 Å². The van der Waals surface area contributed by atoms with Gasteiger partial charge in [0, 0.05) is 18.1 Å². The molecule has 0 saturated heterocycles. The average molecular weight is 377 g/mol. The second kappa shape index (κ2) is 9.34. The predicted molar refractivity (Wildman–Crippen MR) is 100 cm³/mol. The van der Waals surface area contributed by atoms with Crippen molar-refractivity contribution in [3.8, 4) is 0 Å². The number of hydrogen-bond donors (Lipinski definition) is 1. The Morgan fingerprint density at radius 3 is 2.58 bits per heavy atom. The fourth-order valence-electron chi connectivity index (χ4n) is 2.64. The fraction of sp³-hybridized carbons (Fsp3) is 0.300. The van der Waals surface area contributed by atoms with Crippen LogP contribution in [0.4, 0.5) is 4.39 Å². The summed E-state index contributed by atoms with van der Waals surface area (Å²) in [6, 6.07) is 12.6. The van der Waals surface area contributed by atoms with Gasteiger partial charge in [-0.25, -0.2) is 4.39 Å². The summed E-state index contributed by atoms with van der Waals surface area (Å²) in [5, 5.41) is 3.27. The van der Waals surface area contributed by atoms with E-state index in [1.165, 1.54) is 11.0 Å². The molecule has 0 radical (unpaired) electrons. The topological polar surface area (TPSA) is 49.4 Å². The summed E-state index contributed by atoms with van der Waals surface area (Å²) < 4.78 is 13.9. The second-order valence-electron chi connectivity index (χ2n) is 5.99.